The molecule has 17 heavy (non-hydrogen) atoms. The number of nitriles is 1. The van der Waals surface area contributed by atoms with Gasteiger partial charge in [-0.15, -0.1) is 0 Å². The van der Waals surface area contributed by atoms with Crippen LogP contribution in [0.4, 0.5) is 0 Å². The minimum absolute atomic E-state index is 0.199. The van der Waals surface area contributed by atoms with Crippen LogP contribution in [0.2, 0.25) is 0 Å². The molecule has 0 radical (unpaired) electrons. The number of rotatable bonds is 2. The van der Waals surface area contributed by atoms with E-state index in [0.29, 0.717) is 0 Å². The second-order valence-electron chi connectivity index (χ2n) is 3.83. The van der Waals surface area contributed by atoms with Crippen molar-refractivity contribution < 1.29 is 8.42 Å². The van der Waals surface area contributed by atoms with Crippen molar-refractivity contribution in [1.29, 1.82) is 5.26 Å². The summed E-state index contributed by atoms with van der Waals surface area (Å²) in [6.07, 6.45) is 0. The summed E-state index contributed by atoms with van der Waals surface area (Å²) in [5.41, 5.74) is 0. The minimum atomic E-state index is -3.54. The number of sulfone groups is 1. The molecular formula is C13H11NO2S. The summed E-state index contributed by atoms with van der Waals surface area (Å²) < 4.78 is 24.0. The van der Waals surface area contributed by atoms with Gasteiger partial charge < -0.3 is 0 Å². The molecule has 0 aliphatic rings. The molecule has 0 amide bonds. The summed E-state index contributed by atoms with van der Waals surface area (Å²) in [7, 11) is -3.54. The molecule has 0 spiro atoms. The van der Waals surface area contributed by atoms with Crippen molar-refractivity contribution >= 4 is 20.6 Å². The van der Waals surface area contributed by atoms with E-state index < -0.39 is 15.1 Å². The van der Waals surface area contributed by atoms with Crippen LogP contribution >= 0.6 is 0 Å². The van der Waals surface area contributed by atoms with Gasteiger partial charge in [-0.25, -0.2) is 8.42 Å². The van der Waals surface area contributed by atoms with E-state index in [1.807, 2.05) is 24.3 Å². The van der Waals surface area contributed by atoms with Crippen molar-refractivity contribution in [3.05, 3.63) is 42.5 Å². The SMILES string of the molecule is CC(C#N)S(=O)(=O)c1ccc2ccccc2c1. The third-order valence-corrected chi connectivity index (χ3v) is 4.64. The van der Waals surface area contributed by atoms with Gasteiger partial charge in [0.05, 0.1) is 11.0 Å². The van der Waals surface area contributed by atoms with E-state index in [-0.39, 0.29) is 4.90 Å². The first kappa shape index (κ1) is 11.6. The van der Waals surface area contributed by atoms with Gasteiger partial charge in [-0.2, -0.15) is 5.26 Å². The molecule has 2 rings (SSSR count). The number of hydrogen-bond donors (Lipinski definition) is 0. The fraction of sp³-hybridized carbons (Fsp3) is 0.154. The second-order valence-corrected chi connectivity index (χ2v) is 6.09. The molecule has 0 saturated heterocycles. The van der Waals surface area contributed by atoms with E-state index >= 15 is 0 Å². The molecule has 4 heteroatoms. The zero-order valence-electron chi connectivity index (χ0n) is 9.29. The maximum absolute atomic E-state index is 12.0. The van der Waals surface area contributed by atoms with Crippen molar-refractivity contribution in [2.24, 2.45) is 0 Å². The van der Waals surface area contributed by atoms with Gasteiger partial charge in [0.1, 0.15) is 5.25 Å². The van der Waals surface area contributed by atoms with E-state index in [4.69, 9.17) is 5.26 Å². The van der Waals surface area contributed by atoms with Gasteiger partial charge in [-0.1, -0.05) is 30.3 Å². The van der Waals surface area contributed by atoms with Gasteiger partial charge in [-0.3, -0.25) is 0 Å². The first-order chi connectivity index (χ1) is 8.05. The lowest BCUT2D eigenvalue weighted by atomic mass is 10.1. The molecule has 0 aromatic heterocycles. The van der Waals surface area contributed by atoms with E-state index in [1.54, 1.807) is 24.3 Å². The summed E-state index contributed by atoms with van der Waals surface area (Å²) in [5.74, 6) is 0. The summed E-state index contributed by atoms with van der Waals surface area (Å²) in [6, 6.07) is 14.2. The van der Waals surface area contributed by atoms with Crippen LogP contribution < -0.4 is 0 Å². The zero-order valence-corrected chi connectivity index (χ0v) is 10.1. The molecule has 0 fully saturated rings. The highest BCUT2D eigenvalue weighted by molar-refractivity contribution is 7.92. The smallest absolute Gasteiger partial charge is 0.194 e. The van der Waals surface area contributed by atoms with Crippen molar-refractivity contribution in [1.82, 2.24) is 0 Å². The first-order valence-corrected chi connectivity index (χ1v) is 6.72. The Labute approximate surface area is 100 Å². The Morgan fingerprint density at radius 2 is 1.76 bits per heavy atom. The molecule has 2 aromatic carbocycles. The monoisotopic (exact) mass is 245 g/mol. The maximum Gasteiger partial charge on any atom is 0.194 e. The van der Waals surface area contributed by atoms with Crippen molar-refractivity contribution in [3.8, 4) is 6.07 Å². The minimum Gasteiger partial charge on any atom is -0.222 e. The van der Waals surface area contributed by atoms with Crippen LogP contribution in [-0.4, -0.2) is 13.7 Å². The molecule has 86 valence electrons. The summed E-state index contributed by atoms with van der Waals surface area (Å²) >= 11 is 0. The van der Waals surface area contributed by atoms with Gasteiger partial charge in [0, 0.05) is 0 Å². The van der Waals surface area contributed by atoms with Crippen LogP contribution in [-0.2, 0) is 9.84 Å². The topological polar surface area (TPSA) is 57.9 Å². The van der Waals surface area contributed by atoms with Crippen LogP contribution in [0.3, 0.4) is 0 Å². The summed E-state index contributed by atoms with van der Waals surface area (Å²) in [5, 5.41) is 9.53. The Hall–Kier alpha value is -1.86. The number of nitrogens with zero attached hydrogens (tertiary/aromatic N) is 1. The molecule has 2 aromatic rings. The normalized spacial score (nSPS) is 13.2. The van der Waals surface area contributed by atoms with Crippen LogP contribution in [0, 0.1) is 11.3 Å². The van der Waals surface area contributed by atoms with Gasteiger partial charge >= 0.3 is 0 Å². The molecule has 0 saturated carbocycles. The highest BCUT2D eigenvalue weighted by atomic mass is 32.2. The lowest BCUT2D eigenvalue weighted by Crippen LogP contribution is -2.15. The maximum atomic E-state index is 12.0. The molecule has 3 nitrogen and oxygen atoms in total. The Morgan fingerprint density at radius 3 is 2.41 bits per heavy atom. The standard InChI is InChI=1S/C13H11NO2S/c1-10(9-14)17(15,16)13-7-6-11-4-2-3-5-12(11)8-13/h2-8,10H,1H3. The molecular weight excluding hydrogens is 234 g/mol. The van der Waals surface area contributed by atoms with Crippen LogP contribution in [0.5, 0.6) is 0 Å². The summed E-state index contributed by atoms with van der Waals surface area (Å²) in [6.45, 7) is 1.39. The third kappa shape index (κ3) is 2.02. The van der Waals surface area contributed by atoms with Crippen molar-refractivity contribution in [2.45, 2.75) is 17.1 Å². The zero-order chi connectivity index (χ0) is 12.5. The lowest BCUT2D eigenvalue weighted by molar-refractivity contribution is 0.592. The molecule has 1 unspecified atom stereocenters. The molecule has 0 N–H and O–H groups in total. The first-order valence-electron chi connectivity index (χ1n) is 5.18. The summed E-state index contributed by atoms with van der Waals surface area (Å²) in [4.78, 5) is 0.199. The molecule has 0 aliphatic heterocycles. The fourth-order valence-electron chi connectivity index (χ4n) is 1.62. The Kier molecular flexibility index (Phi) is 2.86. The fourth-order valence-corrected chi connectivity index (χ4v) is 2.71. The van der Waals surface area contributed by atoms with Gasteiger partial charge in [-0.05, 0) is 29.8 Å². The van der Waals surface area contributed by atoms with E-state index in [2.05, 4.69) is 0 Å². The van der Waals surface area contributed by atoms with Crippen LogP contribution in [0.15, 0.2) is 47.4 Å². The average Bonchev–Trinajstić information content (AvgIpc) is 2.37. The van der Waals surface area contributed by atoms with Gasteiger partial charge in [0.2, 0.25) is 0 Å². The number of hydrogen-bond acceptors (Lipinski definition) is 3. The second kappa shape index (κ2) is 4.19. The highest BCUT2D eigenvalue weighted by Gasteiger charge is 2.22. The molecule has 0 heterocycles. The van der Waals surface area contributed by atoms with Gasteiger partial charge in [0.25, 0.3) is 0 Å². The average molecular weight is 245 g/mol. The van der Waals surface area contributed by atoms with Crippen LogP contribution in [0.25, 0.3) is 10.8 Å². The number of benzene rings is 2. The Bertz CT molecular complexity index is 699. The van der Waals surface area contributed by atoms with Crippen LogP contribution in [0.1, 0.15) is 6.92 Å². The largest absolute Gasteiger partial charge is 0.222 e. The van der Waals surface area contributed by atoms with Crippen molar-refractivity contribution in [2.75, 3.05) is 0 Å². The van der Waals surface area contributed by atoms with Gasteiger partial charge in [0.15, 0.2) is 9.84 Å². The van der Waals surface area contributed by atoms with E-state index in [9.17, 15) is 8.42 Å². The number of fused-ring (bicyclic) bond motifs is 1. The quantitative estimate of drug-likeness (QED) is 0.816. The molecule has 0 aliphatic carbocycles. The third-order valence-electron chi connectivity index (χ3n) is 2.70. The van der Waals surface area contributed by atoms with E-state index in [0.717, 1.165) is 10.8 Å². The predicted molar refractivity (Wildman–Crippen MR) is 66.2 cm³/mol. The van der Waals surface area contributed by atoms with Crippen molar-refractivity contribution in [3.63, 3.8) is 0 Å². The molecule has 1 atom stereocenters. The predicted octanol–water partition coefficient (Wildman–Crippen LogP) is 2.53. The van der Waals surface area contributed by atoms with E-state index in [1.165, 1.54) is 6.92 Å². The Balaban J connectivity index is 2.62. The highest BCUT2D eigenvalue weighted by Crippen LogP contribution is 2.21. The molecule has 0 bridgehead atoms. The lowest BCUT2D eigenvalue weighted by Gasteiger charge is -2.06. The Morgan fingerprint density at radius 1 is 1.12 bits per heavy atom.